The number of nitrogens with zero attached hydrogens (tertiary/aromatic N) is 9. The van der Waals surface area contributed by atoms with Gasteiger partial charge in [-0.2, -0.15) is 26.3 Å². The molecule has 7 rings (SSSR count). The van der Waals surface area contributed by atoms with Crippen LogP contribution in [0.3, 0.4) is 0 Å². The van der Waals surface area contributed by atoms with E-state index in [1.54, 1.807) is 32.9 Å². The van der Waals surface area contributed by atoms with Crippen LogP contribution in [0.25, 0.3) is 0 Å². The van der Waals surface area contributed by atoms with Gasteiger partial charge in [-0.05, 0) is 146 Å². The number of alkyl halides is 8. The second-order valence-electron chi connectivity index (χ2n) is 32.7. The Morgan fingerprint density at radius 1 is 0.658 bits per heavy atom. The number of nitrogens with one attached hydrogen (secondary N) is 3. The normalized spacial score (nSPS) is 31.4. The third-order valence-corrected chi connectivity index (χ3v) is 24.5. The van der Waals surface area contributed by atoms with Crippen molar-refractivity contribution in [1.29, 1.82) is 0 Å². The average molecular weight is 1590 g/mol. The molecule has 2 saturated heterocycles. The van der Waals surface area contributed by atoms with E-state index in [4.69, 9.17) is 9.47 Å². The minimum atomic E-state index is -5.22. The standard InChI is InChI=1S/C77H120F8N12O14/c1-14-46(5)64-72(107)91(8)44-62(100)92(9)55-24-17-16-20-33-96(71(55)106)59(39-47-25-28-50(29-26-47)76(80,81)82)70(105)90(7)43-60(98)86-54(30-27-48-37-52(78)63(53(79)38-48)77(83,84)85)68(103)97-42-51(111-15-2)40-57(97)67(102)88-75(31-21-32-75)74(109)95(12)65(49-22-18-19-23-49)73(108)94(11)58(69(104)89(6)34-35-110-13)41-61(99)93(10)56(36-45(3)4)66(101)87-64/h16-17,45-59,63-65H,14-15,18-44H2,1-13H3,(H,86,98)(H,87,101)(H,88,102)/b17-16-/t46-,47?,48?,50?,51+,52?,53?,54-,55-,56-,57-,58-,59-,63?,64-,65-/m0/s1. The Bertz CT molecular complexity index is 3290. The van der Waals surface area contributed by atoms with Gasteiger partial charge < -0.3 is 69.5 Å². The van der Waals surface area contributed by atoms with Crippen molar-refractivity contribution < 1.29 is 102 Å². The number of amides is 12. The number of halogens is 8. The van der Waals surface area contributed by atoms with E-state index in [1.807, 2.05) is 13.8 Å². The van der Waals surface area contributed by atoms with Crippen LogP contribution in [-0.2, 0) is 67.0 Å². The zero-order chi connectivity index (χ0) is 82.5. The highest BCUT2D eigenvalue weighted by atomic mass is 19.4. The smallest absolute Gasteiger partial charge is 0.383 e. The van der Waals surface area contributed by atoms with Gasteiger partial charge in [0.1, 0.15) is 72.1 Å². The summed E-state index contributed by atoms with van der Waals surface area (Å²) in [6, 6.07) is -11.5. The molecule has 1 spiro atoms. The Kier molecular flexibility index (Phi) is 32.5. The number of carbonyl (C=O) groups is 12. The van der Waals surface area contributed by atoms with Crippen LogP contribution in [0.4, 0.5) is 35.1 Å². The van der Waals surface area contributed by atoms with Gasteiger partial charge in [0, 0.05) is 89.1 Å². The number of methoxy groups -OCH3 is 1. The third kappa shape index (κ3) is 22.6. The largest absolute Gasteiger partial charge is 0.397 e. The van der Waals surface area contributed by atoms with Crippen LogP contribution < -0.4 is 16.0 Å². The monoisotopic (exact) mass is 1590 g/mol. The highest BCUT2D eigenvalue weighted by Crippen LogP contribution is 2.46. The van der Waals surface area contributed by atoms with Crippen molar-refractivity contribution in [3.8, 4) is 0 Å². The predicted molar refractivity (Wildman–Crippen MR) is 392 cm³/mol. The van der Waals surface area contributed by atoms with E-state index in [9.17, 15) is 50.3 Å². The molecule has 3 aliphatic heterocycles. The van der Waals surface area contributed by atoms with Crippen molar-refractivity contribution in [2.45, 2.75) is 261 Å². The fraction of sp³-hybridized carbons (Fsp3) is 0.818. The molecule has 26 nitrogen and oxygen atoms in total. The number of likely N-dealkylation sites (N-methyl/N-ethyl adjacent to an activating group) is 7. The van der Waals surface area contributed by atoms with E-state index >= 15 is 42.3 Å². The van der Waals surface area contributed by atoms with Crippen molar-refractivity contribution in [2.75, 3.05) is 102 Å². The van der Waals surface area contributed by atoms with E-state index in [1.165, 1.54) is 71.1 Å². The molecule has 4 aliphatic carbocycles. The number of carbonyl (C=O) groups excluding carboxylic acids is 12. The summed E-state index contributed by atoms with van der Waals surface area (Å²) in [4.78, 5) is 193. The summed E-state index contributed by atoms with van der Waals surface area (Å²) in [5, 5.41) is 8.42. The maximum Gasteiger partial charge on any atom is 0.397 e. The van der Waals surface area contributed by atoms with Crippen molar-refractivity contribution in [2.24, 2.45) is 41.4 Å². The van der Waals surface area contributed by atoms with Gasteiger partial charge in [0.2, 0.25) is 70.9 Å². The topological polar surface area (TPSA) is 289 Å². The van der Waals surface area contributed by atoms with Crippen molar-refractivity contribution in [3.63, 3.8) is 0 Å². The van der Waals surface area contributed by atoms with E-state index in [-0.39, 0.29) is 116 Å². The molecule has 0 aromatic rings. The Morgan fingerprint density at radius 2 is 1.29 bits per heavy atom. The van der Waals surface area contributed by atoms with Crippen molar-refractivity contribution in [1.82, 2.24) is 60.0 Å². The number of hydrogen-bond acceptors (Lipinski definition) is 14. The maximum atomic E-state index is 15.7. The van der Waals surface area contributed by atoms with Gasteiger partial charge >= 0.3 is 12.4 Å². The summed E-state index contributed by atoms with van der Waals surface area (Å²) in [6.07, 6.45) is -13.4. The molecule has 628 valence electrons. The fourth-order valence-corrected chi connectivity index (χ4v) is 17.3. The SMILES string of the molecule is CCO[C@@H]1C[C@H]2C(=O)NC3(CCC3)C(=O)N(C)[C@@H](C3CCCC3)C(=O)N(C)[C@H](C(=O)N(C)CCOC)CC(=O)N(C)[C@@H](CC(C)C)C(=O)N[C@@H]([C@@H](C)CC)C(=O)N(C)CC(=O)N(C)[C@H]3C/C=C\CCN(C3=O)[C@@H](CC3CCC(C(F)(F)F)CC3)C(=O)N(C)CC(=O)N[C@@H](CCC3CC(F)C(C(F)(F)F)C(F)C3)C(=O)N2C1. The Hall–Kier alpha value is -7.26. The molecule has 7 aliphatic rings. The van der Waals surface area contributed by atoms with E-state index in [0.717, 1.165) is 29.4 Å². The van der Waals surface area contributed by atoms with Gasteiger partial charge in [0.05, 0.1) is 38.1 Å². The van der Waals surface area contributed by atoms with Gasteiger partial charge in [-0.15, -0.1) is 0 Å². The highest BCUT2D eigenvalue weighted by molar-refractivity contribution is 6.01. The van der Waals surface area contributed by atoms with Crippen LogP contribution in [-0.4, -0.2) is 302 Å². The second-order valence-corrected chi connectivity index (χ2v) is 32.7. The lowest BCUT2D eigenvalue weighted by atomic mass is 9.74. The van der Waals surface area contributed by atoms with Gasteiger partial charge in [-0.25, -0.2) is 8.78 Å². The van der Waals surface area contributed by atoms with Crippen molar-refractivity contribution in [3.05, 3.63) is 12.2 Å². The second kappa shape index (κ2) is 39.7. The van der Waals surface area contributed by atoms with Crippen LogP contribution in [0.2, 0.25) is 0 Å². The molecule has 0 radical (unpaired) electrons. The van der Waals surface area contributed by atoms with Gasteiger partial charge in [-0.1, -0.05) is 59.1 Å². The van der Waals surface area contributed by atoms with Crippen LogP contribution in [0, 0.1) is 41.4 Å². The van der Waals surface area contributed by atoms with Gasteiger partial charge in [0.15, 0.2) is 0 Å². The van der Waals surface area contributed by atoms with Crippen molar-refractivity contribution >= 4 is 70.9 Å². The number of rotatable bonds is 16. The summed E-state index contributed by atoms with van der Waals surface area (Å²) in [5.74, 6) is -17.2. The molecule has 12 amide bonds. The number of hydrogen-bond donors (Lipinski definition) is 3. The molecule has 3 N–H and O–H groups in total. The first-order valence-electron chi connectivity index (χ1n) is 39.6. The molecule has 4 saturated carbocycles. The maximum absolute atomic E-state index is 15.7. The molecule has 34 heteroatoms. The zero-order valence-electron chi connectivity index (χ0n) is 66.8. The quantitative estimate of drug-likeness (QED) is 0.112. The molecule has 6 fully saturated rings. The first kappa shape index (κ1) is 90.9. The first-order valence-corrected chi connectivity index (χ1v) is 39.6. The van der Waals surface area contributed by atoms with E-state index in [0.29, 0.717) is 38.5 Å². The number of ether oxygens (including phenoxy) is 2. The van der Waals surface area contributed by atoms with Gasteiger partial charge in [-0.3, -0.25) is 57.5 Å². The van der Waals surface area contributed by atoms with E-state index < -0.39 is 230 Å². The molecule has 3 heterocycles. The van der Waals surface area contributed by atoms with Gasteiger partial charge in [0.25, 0.3) is 0 Å². The van der Waals surface area contributed by atoms with Crippen LogP contribution in [0.5, 0.6) is 0 Å². The molecular formula is C77H120F8N12O14. The minimum Gasteiger partial charge on any atom is -0.383 e. The fourth-order valence-electron chi connectivity index (χ4n) is 17.3. The Morgan fingerprint density at radius 3 is 1.86 bits per heavy atom. The molecule has 0 aromatic heterocycles. The van der Waals surface area contributed by atoms with E-state index in [2.05, 4.69) is 16.0 Å². The third-order valence-electron chi connectivity index (χ3n) is 24.5. The zero-order valence-corrected chi connectivity index (χ0v) is 66.8. The Balaban J connectivity index is 1.34. The number of fused-ring (bicyclic) bond motifs is 3. The minimum absolute atomic E-state index is 0.00807. The molecular weight excluding hydrogens is 1470 g/mol. The van der Waals surface area contributed by atoms with Crippen LogP contribution in [0.1, 0.15) is 176 Å². The summed E-state index contributed by atoms with van der Waals surface area (Å²) >= 11 is 0. The molecule has 111 heavy (non-hydrogen) atoms. The summed E-state index contributed by atoms with van der Waals surface area (Å²) in [5.41, 5.74) is -1.71. The summed E-state index contributed by atoms with van der Waals surface area (Å²) < 4.78 is 127. The molecule has 2 unspecified atom stereocenters. The van der Waals surface area contributed by atoms with Crippen LogP contribution in [0.15, 0.2) is 12.2 Å². The lowest BCUT2D eigenvalue weighted by Gasteiger charge is -2.46. The average Bonchev–Trinajstić information content (AvgIpc) is 1.67. The molecule has 0 aromatic carbocycles. The molecule has 12 atom stereocenters. The molecule has 2 bridgehead atoms. The lowest BCUT2D eigenvalue weighted by Crippen LogP contribution is -2.68. The summed E-state index contributed by atoms with van der Waals surface area (Å²) in [7, 11) is 10.9. The highest BCUT2D eigenvalue weighted by Gasteiger charge is 2.56. The lowest BCUT2D eigenvalue weighted by molar-refractivity contribution is -0.219. The summed E-state index contributed by atoms with van der Waals surface area (Å²) in [6.45, 7) is 6.91. The first-order chi connectivity index (χ1) is 52.1. The van der Waals surface area contributed by atoms with Crippen LogP contribution >= 0.6 is 0 Å². The Labute approximate surface area is 647 Å². The predicted octanol–water partition coefficient (Wildman–Crippen LogP) is 6.37.